The Hall–Kier alpha value is -1.10. The first-order valence-corrected chi connectivity index (χ1v) is 6.90. The summed E-state index contributed by atoms with van der Waals surface area (Å²) >= 11 is 0. The largest absolute Gasteiger partial charge is 0.491 e. The first-order chi connectivity index (χ1) is 9.40. The quantitative estimate of drug-likeness (QED) is 0.726. The molecule has 0 aromatic heterocycles. The average molecular weight is 265 g/mol. The minimum atomic E-state index is 0.374. The third kappa shape index (κ3) is 4.82. The van der Waals surface area contributed by atoms with Gasteiger partial charge in [0, 0.05) is 18.6 Å². The van der Waals surface area contributed by atoms with Crippen LogP contribution in [0.3, 0.4) is 0 Å². The van der Waals surface area contributed by atoms with Gasteiger partial charge in [-0.05, 0) is 25.6 Å². The van der Waals surface area contributed by atoms with Crippen molar-refractivity contribution in [3.63, 3.8) is 0 Å². The fraction of sp³-hybridized carbons (Fsp3) is 0.600. The molecule has 1 aliphatic rings. The molecule has 1 aliphatic heterocycles. The third-order valence-electron chi connectivity index (χ3n) is 3.44. The Bertz CT molecular complexity index is 339. The van der Waals surface area contributed by atoms with E-state index in [-0.39, 0.29) is 0 Å². The lowest BCUT2D eigenvalue weighted by Gasteiger charge is -2.21. The number of para-hydroxylation sites is 1. The van der Waals surface area contributed by atoms with E-state index in [1.165, 1.54) is 0 Å². The lowest BCUT2D eigenvalue weighted by Crippen LogP contribution is -2.38. The molecule has 4 nitrogen and oxygen atoms in total. The first-order valence-electron chi connectivity index (χ1n) is 6.90. The Kier molecular flexibility index (Phi) is 6.14. The molecule has 0 aliphatic carbocycles. The summed E-state index contributed by atoms with van der Waals surface area (Å²) in [6, 6.07) is 10.2. The fourth-order valence-electron chi connectivity index (χ4n) is 2.27. The Labute approximate surface area is 115 Å². The van der Waals surface area contributed by atoms with Crippen molar-refractivity contribution in [2.24, 2.45) is 5.92 Å². The molecule has 4 heteroatoms. The van der Waals surface area contributed by atoms with Crippen molar-refractivity contribution in [2.75, 3.05) is 40.1 Å². The highest BCUT2D eigenvalue weighted by Gasteiger charge is 2.24. The molecule has 0 amide bonds. The van der Waals surface area contributed by atoms with Gasteiger partial charge >= 0.3 is 0 Å². The van der Waals surface area contributed by atoms with E-state index in [0.717, 1.165) is 25.4 Å². The van der Waals surface area contributed by atoms with Crippen LogP contribution >= 0.6 is 0 Å². The summed E-state index contributed by atoms with van der Waals surface area (Å²) in [5.41, 5.74) is 0. The first kappa shape index (κ1) is 14.3. The van der Waals surface area contributed by atoms with Gasteiger partial charge in [-0.3, -0.25) is 0 Å². The lowest BCUT2D eigenvalue weighted by molar-refractivity contribution is 0.0687. The van der Waals surface area contributed by atoms with Gasteiger partial charge in [0.25, 0.3) is 0 Å². The van der Waals surface area contributed by atoms with Gasteiger partial charge in [0.1, 0.15) is 12.4 Å². The van der Waals surface area contributed by atoms with Crippen molar-refractivity contribution >= 4 is 0 Å². The number of ether oxygens (including phenoxy) is 3. The second-order valence-electron chi connectivity index (χ2n) is 4.76. The van der Waals surface area contributed by atoms with Crippen LogP contribution in [0.2, 0.25) is 0 Å². The highest BCUT2D eigenvalue weighted by atomic mass is 16.5. The smallest absolute Gasteiger partial charge is 0.119 e. The molecule has 1 fully saturated rings. The number of hydrogen-bond acceptors (Lipinski definition) is 4. The van der Waals surface area contributed by atoms with Crippen LogP contribution in [-0.2, 0) is 9.47 Å². The topological polar surface area (TPSA) is 39.7 Å². The van der Waals surface area contributed by atoms with E-state index in [1.54, 1.807) is 0 Å². The molecular formula is C15H23NO3. The van der Waals surface area contributed by atoms with Gasteiger partial charge in [0.05, 0.1) is 19.8 Å². The molecule has 0 spiro atoms. The van der Waals surface area contributed by atoms with Crippen molar-refractivity contribution in [3.8, 4) is 5.75 Å². The van der Waals surface area contributed by atoms with Crippen molar-refractivity contribution in [1.82, 2.24) is 5.32 Å². The number of rotatable bonds is 8. The lowest BCUT2D eigenvalue weighted by atomic mass is 10.0. The van der Waals surface area contributed by atoms with Crippen molar-refractivity contribution in [2.45, 2.75) is 12.5 Å². The Balaban J connectivity index is 1.58. The molecule has 1 saturated heterocycles. The molecule has 2 atom stereocenters. The van der Waals surface area contributed by atoms with Crippen molar-refractivity contribution in [1.29, 1.82) is 0 Å². The molecule has 0 radical (unpaired) electrons. The Morgan fingerprint density at radius 3 is 2.84 bits per heavy atom. The van der Waals surface area contributed by atoms with E-state index < -0.39 is 0 Å². The van der Waals surface area contributed by atoms with Crippen LogP contribution in [0, 0.1) is 5.92 Å². The zero-order valence-electron chi connectivity index (χ0n) is 11.5. The second-order valence-corrected chi connectivity index (χ2v) is 4.76. The summed E-state index contributed by atoms with van der Waals surface area (Å²) in [5, 5.41) is 3.31. The van der Waals surface area contributed by atoms with Gasteiger partial charge in [-0.15, -0.1) is 0 Å². The summed E-state index contributed by atoms with van der Waals surface area (Å²) in [7, 11) is 1.98. The zero-order chi connectivity index (χ0) is 13.3. The maximum atomic E-state index is 5.68. The van der Waals surface area contributed by atoms with Crippen LogP contribution in [0.5, 0.6) is 5.75 Å². The van der Waals surface area contributed by atoms with Crippen LogP contribution < -0.4 is 10.1 Å². The summed E-state index contributed by atoms with van der Waals surface area (Å²) in [6.45, 7) is 3.63. The molecule has 106 valence electrons. The minimum Gasteiger partial charge on any atom is -0.491 e. The molecule has 2 unspecified atom stereocenters. The Morgan fingerprint density at radius 2 is 2.16 bits per heavy atom. The van der Waals surface area contributed by atoms with Gasteiger partial charge in [-0.2, -0.15) is 0 Å². The predicted molar refractivity (Wildman–Crippen MR) is 74.5 cm³/mol. The van der Waals surface area contributed by atoms with E-state index in [4.69, 9.17) is 14.2 Å². The summed E-state index contributed by atoms with van der Waals surface area (Å²) in [4.78, 5) is 0. The SMILES string of the molecule is CNC(COCCOc1ccccc1)C1CCOC1. The molecule has 2 rings (SSSR count). The molecule has 0 saturated carbocycles. The van der Waals surface area contributed by atoms with E-state index in [1.807, 2.05) is 37.4 Å². The molecule has 1 aromatic carbocycles. The van der Waals surface area contributed by atoms with Gasteiger partial charge in [-0.25, -0.2) is 0 Å². The number of likely N-dealkylation sites (N-methyl/N-ethyl adjacent to an activating group) is 1. The van der Waals surface area contributed by atoms with Gasteiger partial charge in [-0.1, -0.05) is 18.2 Å². The molecule has 1 heterocycles. The molecule has 0 bridgehead atoms. The molecule has 1 N–H and O–H groups in total. The fourth-order valence-corrected chi connectivity index (χ4v) is 2.27. The van der Waals surface area contributed by atoms with Crippen LogP contribution in [0.1, 0.15) is 6.42 Å². The van der Waals surface area contributed by atoms with E-state index >= 15 is 0 Å². The Morgan fingerprint density at radius 1 is 1.32 bits per heavy atom. The van der Waals surface area contributed by atoms with Crippen molar-refractivity contribution in [3.05, 3.63) is 30.3 Å². The monoisotopic (exact) mass is 265 g/mol. The van der Waals surface area contributed by atoms with Gasteiger partial charge in [0.15, 0.2) is 0 Å². The number of nitrogens with one attached hydrogen (secondary N) is 1. The molecule has 1 aromatic rings. The normalized spacial score (nSPS) is 20.4. The third-order valence-corrected chi connectivity index (χ3v) is 3.44. The van der Waals surface area contributed by atoms with Crippen LogP contribution in [0.25, 0.3) is 0 Å². The predicted octanol–water partition coefficient (Wildman–Crippen LogP) is 1.71. The van der Waals surface area contributed by atoms with E-state index in [9.17, 15) is 0 Å². The maximum absolute atomic E-state index is 5.68. The number of hydrogen-bond donors (Lipinski definition) is 1. The van der Waals surface area contributed by atoms with E-state index in [0.29, 0.717) is 31.8 Å². The zero-order valence-corrected chi connectivity index (χ0v) is 11.5. The molecular weight excluding hydrogens is 242 g/mol. The second kappa shape index (κ2) is 8.15. The maximum Gasteiger partial charge on any atom is 0.119 e. The summed E-state index contributed by atoms with van der Waals surface area (Å²) < 4.78 is 16.7. The highest BCUT2D eigenvalue weighted by molar-refractivity contribution is 5.20. The standard InChI is InChI=1S/C15H23NO3/c1-16-15(13-7-8-17-11-13)12-18-9-10-19-14-5-3-2-4-6-14/h2-6,13,15-16H,7-12H2,1H3. The minimum absolute atomic E-state index is 0.374. The number of benzene rings is 1. The average Bonchev–Trinajstić information content (AvgIpc) is 2.98. The van der Waals surface area contributed by atoms with Gasteiger partial charge in [0.2, 0.25) is 0 Å². The van der Waals surface area contributed by atoms with Crippen LogP contribution in [0.15, 0.2) is 30.3 Å². The van der Waals surface area contributed by atoms with Gasteiger partial charge < -0.3 is 19.5 Å². The summed E-state index contributed by atoms with van der Waals surface area (Å²) in [5.74, 6) is 1.46. The molecule has 19 heavy (non-hydrogen) atoms. The highest BCUT2D eigenvalue weighted by Crippen LogP contribution is 2.16. The van der Waals surface area contributed by atoms with E-state index in [2.05, 4.69) is 5.32 Å². The summed E-state index contributed by atoms with van der Waals surface area (Å²) in [6.07, 6.45) is 1.12. The van der Waals surface area contributed by atoms with Crippen LogP contribution in [0.4, 0.5) is 0 Å². The van der Waals surface area contributed by atoms with Crippen molar-refractivity contribution < 1.29 is 14.2 Å². The van der Waals surface area contributed by atoms with Crippen LogP contribution in [-0.4, -0.2) is 46.1 Å².